The summed E-state index contributed by atoms with van der Waals surface area (Å²) in [5.74, 6) is -0.181. The summed E-state index contributed by atoms with van der Waals surface area (Å²) in [6, 6.07) is 20.4. The Bertz CT molecular complexity index is 1130. The molecular formula is C28H27Cl2NO4. The zero-order chi connectivity index (χ0) is 24.8. The Balaban J connectivity index is 1.46. The third-order valence-electron chi connectivity index (χ3n) is 6.37. The molecule has 7 heteroatoms. The summed E-state index contributed by atoms with van der Waals surface area (Å²) in [5.41, 5.74) is 4.09. The van der Waals surface area contributed by atoms with Gasteiger partial charge in [0.15, 0.2) is 6.61 Å². The molecule has 0 heterocycles. The molecule has 5 nitrogen and oxygen atoms in total. The van der Waals surface area contributed by atoms with Crippen molar-refractivity contribution in [1.29, 1.82) is 0 Å². The van der Waals surface area contributed by atoms with Crippen molar-refractivity contribution in [2.75, 3.05) is 6.61 Å². The third-order valence-corrected chi connectivity index (χ3v) is 6.88. The number of hydrogen-bond acceptors (Lipinski definition) is 3. The Morgan fingerprint density at radius 2 is 1.60 bits per heavy atom. The van der Waals surface area contributed by atoms with Gasteiger partial charge in [-0.1, -0.05) is 59.6 Å². The second-order valence-corrected chi connectivity index (χ2v) is 9.61. The van der Waals surface area contributed by atoms with Gasteiger partial charge in [0, 0.05) is 16.5 Å². The molecule has 0 bridgehead atoms. The molecule has 35 heavy (non-hydrogen) atoms. The molecule has 4 rings (SSSR count). The van der Waals surface area contributed by atoms with Gasteiger partial charge >= 0.3 is 5.97 Å². The van der Waals surface area contributed by atoms with E-state index in [2.05, 4.69) is 11.4 Å². The van der Waals surface area contributed by atoms with E-state index >= 15 is 0 Å². The Hall–Kier alpha value is -3.02. The van der Waals surface area contributed by atoms with E-state index in [1.807, 2.05) is 60.7 Å². The molecule has 1 atom stereocenters. The van der Waals surface area contributed by atoms with Crippen LogP contribution in [-0.4, -0.2) is 23.6 Å². The van der Waals surface area contributed by atoms with E-state index in [9.17, 15) is 9.59 Å². The average Bonchev–Trinajstić information content (AvgIpc) is 2.86. The average molecular weight is 512 g/mol. The predicted molar refractivity (Wildman–Crippen MR) is 137 cm³/mol. The Morgan fingerprint density at radius 3 is 2.20 bits per heavy atom. The zero-order valence-electron chi connectivity index (χ0n) is 19.2. The maximum Gasteiger partial charge on any atom is 0.341 e. The highest BCUT2D eigenvalue weighted by molar-refractivity contribution is 6.30. The largest absolute Gasteiger partial charge is 0.482 e. The number of amides is 1. The van der Waals surface area contributed by atoms with Gasteiger partial charge < -0.3 is 15.2 Å². The number of fused-ring (bicyclic) bond motifs is 1. The van der Waals surface area contributed by atoms with Gasteiger partial charge in [0.05, 0.1) is 6.04 Å². The van der Waals surface area contributed by atoms with Crippen molar-refractivity contribution >= 4 is 35.1 Å². The van der Waals surface area contributed by atoms with Crippen LogP contribution in [0.2, 0.25) is 10.0 Å². The molecule has 182 valence electrons. The van der Waals surface area contributed by atoms with E-state index in [0.717, 1.165) is 41.5 Å². The number of aliphatic carboxylic acids is 1. The minimum absolute atomic E-state index is 0.0368. The number of rotatable bonds is 9. The number of halogens is 2. The summed E-state index contributed by atoms with van der Waals surface area (Å²) in [6.07, 6.45) is 3.89. The topological polar surface area (TPSA) is 75.6 Å². The van der Waals surface area contributed by atoms with Gasteiger partial charge in [-0.3, -0.25) is 4.79 Å². The molecule has 1 unspecified atom stereocenters. The van der Waals surface area contributed by atoms with E-state index in [4.69, 9.17) is 33.0 Å². The summed E-state index contributed by atoms with van der Waals surface area (Å²) in [7, 11) is 0. The summed E-state index contributed by atoms with van der Waals surface area (Å²) >= 11 is 12.1. The van der Waals surface area contributed by atoms with Crippen molar-refractivity contribution in [2.45, 2.75) is 44.1 Å². The lowest BCUT2D eigenvalue weighted by molar-refractivity contribution is -0.139. The van der Waals surface area contributed by atoms with Crippen LogP contribution in [-0.2, 0) is 16.0 Å². The maximum absolute atomic E-state index is 13.1. The van der Waals surface area contributed by atoms with Crippen molar-refractivity contribution in [1.82, 2.24) is 5.32 Å². The van der Waals surface area contributed by atoms with Gasteiger partial charge in [0.2, 0.25) is 5.91 Å². The summed E-state index contributed by atoms with van der Waals surface area (Å²) < 4.78 is 5.51. The van der Waals surface area contributed by atoms with Crippen molar-refractivity contribution in [3.05, 3.63) is 99.0 Å². The predicted octanol–water partition coefficient (Wildman–Crippen LogP) is 6.56. The second-order valence-electron chi connectivity index (χ2n) is 8.74. The van der Waals surface area contributed by atoms with Crippen LogP contribution in [0.25, 0.3) is 0 Å². The van der Waals surface area contributed by atoms with Crippen LogP contribution in [0.3, 0.4) is 0 Å². The van der Waals surface area contributed by atoms with Crippen LogP contribution in [0.15, 0.2) is 66.7 Å². The number of benzene rings is 3. The fraction of sp³-hybridized carbons (Fsp3) is 0.286. The molecule has 0 saturated carbocycles. The van der Waals surface area contributed by atoms with Crippen LogP contribution in [0.5, 0.6) is 5.75 Å². The lowest BCUT2D eigenvalue weighted by Gasteiger charge is -2.27. The van der Waals surface area contributed by atoms with Crippen LogP contribution < -0.4 is 10.1 Å². The number of carboxylic acid groups (broad SMARTS) is 1. The summed E-state index contributed by atoms with van der Waals surface area (Å²) in [5, 5.41) is 13.4. The van der Waals surface area contributed by atoms with Gasteiger partial charge in [-0.25, -0.2) is 4.79 Å². The van der Waals surface area contributed by atoms with Crippen LogP contribution >= 0.6 is 23.2 Å². The van der Waals surface area contributed by atoms with Crippen LogP contribution in [0, 0.1) is 0 Å². The SMILES string of the molecule is O=C(O)COc1cccc2c1CCCC2CCC(=O)NC(c1ccc(Cl)cc1)c1ccc(Cl)cc1. The fourth-order valence-corrected chi connectivity index (χ4v) is 4.95. The number of carbonyl (C=O) groups excluding carboxylic acids is 1. The molecule has 0 saturated heterocycles. The molecule has 0 aliphatic heterocycles. The smallest absolute Gasteiger partial charge is 0.341 e. The van der Waals surface area contributed by atoms with E-state index in [-0.39, 0.29) is 24.5 Å². The minimum Gasteiger partial charge on any atom is -0.482 e. The molecule has 0 fully saturated rings. The number of hydrogen-bond donors (Lipinski definition) is 2. The second kappa shape index (κ2) is 11.6. The fourth-order valence-electron chi connectivity index (χ4n) is 4.70. The number of nitrogens with one attached hydrogen (secondary N) is 1. The minimum atomic E-state index is -0.998. The van der Waals surface area contributed by atoms with Crippen molar-refractivity contribution in [2.24, 2.45) is 0 Å². The van der Waals surface area contributed by atoms with Crippen molar-refractivity contribution < 1.29 is 19.4 Å². The molecule has 1 aliphatic carbocycles. The van der Waals surface area contributed by atoms with Gasteiger partial charge in [0.1, 0.15) is 5.75 Å². The Kier molecular flexibility index (Phi) is 8.32. The first-order chi connectivity index (χ1) is 16.9. The molecule has 2 N–H and O–H groups in total. The quantitative estimate of drug-likeness (QED) is 0.340. The first-order valence-electron chi connectivity index (χ1n) is 11.7. The third kappa shape index (κ3) is 6.56. The Labute approximate surface area is 215 Å². The molecule has 0 radical (unpaired) electrons. The van der Waals surface area contributed by atoms with Crippen LogP contribution in [0.4, 0.5) is 0 Å². The van der Waals surface area contributed by atoms with Gasteiger partial charge in [0.25, 0.3) is 0 Å². The maximum atomic E-state index is 13.1. The van der Waals surface area contributed by atoms with Crippen LogP contribution in [0.1, 0.15) is 59.9 Å². The molecule has 0 spiro atoms. The lowest BCUT2D eigenvalue weighted by atomic mass is 9.80. The monoisotopic (exact) mass is 511 g/mol. The van der Waals surface area contributed by atoms with E-state index < -0.39 is 5.97 Å². The zero-order valence-corrected chi connectivity index (χ0v) is 20.7. The molecule has 3 aromatic rings. The highest BCUT2D eigenvalue weighted by Crippen LogP contribution is 2.39. The molecule has 3 aromatic carbocycles. The van der Waals surface area contributed by atoms with E-state index in [0.29, 0.717) is 28.6 Å². The first kappa shape index (κ1) is 25.1. The van der Waals surface area contributed by atoms with Crippen molar-refractivity contribution in [3.8, 4) is 5.75 Å². The van der Waals surface area contributed by atoms with Gasteiger partial charge in [-0.2, -0.15) is 0 Å². The van der Waals surface area contributed by atoms with E-state index in [1.165, 1.54) is 0 Å². The molecule has 1 aliphatic rings. The molecule has 1 amide bonds. The molecular weight excluding hydrogens is 485 g/mol. The first-order valence-corrected chi connectivity index (χ1v) is 12.4. The number of carboxylic acids is 1. The van der Waals surface area contributed by atoms with Gasteiger partial charge in [-0.05, 0) is 84.2 Å². The number of carbonyl (C=O) groups is 2. The van der Waals surface area contributed by atoms with Gasteiger partial charge in [-0.15, -0.1) is 0 Å². The van der Waals surface area contributed by atoms with Crippen molar-refractivity contribution in [3.63, 3.8) is 0 Å². The number of ether oxygens (including phenoxy) is 1. The lowest BCUT2D eigenvalue weighted by Crippen LogP contribution is -2.29. The molecule has 0 aromatic heterocycles. The summed E-state index contributed by atoms with van der Waals surface area (Å²) in [4.78, 5) is 24.0. The Morgan fingerprint density at radius 1 is 0.971 bits per heavy atom. The summed E-state index contributed by atoms with van der Waals surface area (Å²) in [6.45, 7) is -0.361. The standard InChI is InChI=1S/C28H27Cl2NO4/c29-21-12-7-19(8-13-21)28(20-9-14-22(30)15-10-20)31-26(32)16-11-18-3-1-5-24-23(18)4-2-6-25(24)35-17-27(33)34/h2,4,6-10,12-15,18,28H,1,3,5,11,16-17H2,(H,31,32)(H,33,34). The highest BCUT2D eigenvalue weighted by Gasteiger charge is 2.25. The normalized spacial score (nSPS) is 14.9. The highest BCUT2D eigenvalue weighted by atomic mass is 35.5. The van der Waals surface area contributed by atoms with E-state index in [1.54, 1.807) is 0 Å².